The molecule has 0 aliphatic carbocycles. The van der Waals surface area contributed by atoms with Crippen LogP contribution in [0.3, 0.4) is 0 Å². The molecule has 4 rings (SSSR count). The number of carbonyl (C=O) groups excluding carboxylic acids is 1. The van der Waals surface area contributed by atoms with E-state index in [9.17, 15) is 4.79 Å². The summed E-state index contributed by atoms with van der Waals surface area (Å²) < 4.78 is 5.36. The van der Waals surface area contributed by atoms with Crippen LogP contribution in [0.1, 0.15) is 34.9 Å². The van der Waals surface area contributed by atoms with Gasteiger partial charge < -0.3 is 4.90 Å². The van der Waals surface area contributed by atoms with Gasteiger partial charge in [0, 0.05) is 44.9 Å². The summed E-state index contributed by atoms with van der Waals surface area (Å²) in [6.45, 7) is 3.28. The van der Waals surface area contributed by atoms with Gasteiger partial charge in [-0.3, -0.25) is 9.48 Å². The van der Waals surface area contributed by atoms with Crippen LogP contribution in [-0.4, -0.2) is 53.2 Å². The van der Waals surface area contributed by atoms with E-state index in [0.717, 1.165) is 25.1 Å². The molecular formula is C17H21N7O. The first-order valence-electron chi connectivity index (χ1n) is 8.47. The molecule has 3 aromatic rings. The maximum Gasteiger partial charge on any atom is 0.259 e. The van der Waals surface area contributed by atoms with Crippen LogP contribution in [0, 0.1) is 6.92 Å². The first-order chi connectivity index (χ1) is 12.1. The topological polar surface area (TPSA) is 73.8 Å². The molecular weight excluding hydrogens is 318 g/mol. The largest absolute Gasteiger partial charge is 0.336 e. The minimum Gasteiger partial charge on any atom is -0.336 e. The molecule has 1 aliphatic heterocycles. The Morgan fingerprint density at radius 2 is 2.00 bits per heavy atom. The predicted octanol–water partition coefficient (Wildman–Crippen LogP) is 1.59. The van der Waals surface area contributed by atoms with Crippen LogP contribution in [0.15, 0.2) is 36.9 Å². The van der Waals surface area contributed by atoms with Gasteiger partial charge in [-0.2, -0.15) is 15.3 Å². The third-order valence-electron chi connectivity index (χ3n) is 4.71. The molecule has 8 nitrogen and oxygen atoms in total. The Morgan fingerprint density at radius 3 is 2.72 bits per heavy atom. The monoisotopic (exact) mass is 339 g/mol. The molecule has 1 amide bonds. The van der Waals surface area contributed by atoms with Gasteiger partial charge in [0.15, 0.2) is 5.82 Å². The number of nitrogens with zero attached hydrogens (tertiary/aromatic N) is 7. The molecule has 1 saturated heterocycles. The van der Waals surface area contributed by atoms with Crippen molar-refractivity contribution in [2.75, 3.05) is 13.1 Å². The number of aryl methyl sites for hydroxylation is 2. The molecule has 1 fully saturated rings. The normalized spacial score (nSPS) is 17.8. The summed E-state index contributed by atoms with van der Waals surface area (Å²) in [5.41, 5.74) is 1.34. The molecule has 0 radical (unpaired) electrons. The predicted molar refractivity (Wildman–Crippen MR) is 91.5 cm³/mol. The number of hydrogen-bond acceptors (Lipinski definition) is 4. The molecule has 0 aromatic carbocycles. The van der Waals surface area contributed by atoms with Crippen molar-refractivity contribution in [1.29, 1.82) is 0 Å². The SMILES string of the molecule is Cc1nn(C)c(-n2cccn2)c1C(=O)N1CCCC(n2cccn2)C1. The Hall–Kier alpha value is -2.90. The first kappa shape index (κ1) is 15.6. The van der Waals surface area contributed by atoms with E-state index < -0.39 is 0 Å². The lowest BCUT2D eigenvalue weighted by molar-refractivity contribution is 0.0672. The lowest BCUT2D eigenvalue weighted by Crippen LogP contribution is -2.41. The molecule has 0 saturated carbocycles. The van der Waals surface area contributed by atoms with Crippen molar-refractivity contribution in [2.45, 2.75) is 25.8 Å². The first-order valence-corrected chi connectivity index (χ1v) is 8.47. The van der Waals surface area contributed by atoms with E-state index >= 15 is 0 Å². The van der Waals surface area contributed by atoms with Gasteiger partial charge in [0.2, 0.25) is 0 Å². The summed E-state index contributed by atoms with van der Waals surface area (Å²) in [7, 11) is 1.84. The molecule has 130 valence electrons. The fourth-order valence-electron chi connectivity index (χ4n) is 3.56. The zero-order valence-electron chi connectivity index (χ0n) is 14.4. The van der Waals surface area contributed by atoms with Gasteiger partial charge in [0.05, 0.1) is 11.7 Å². The number of hydrogen-bond donors (Lipinski definition) is 0. The molecule has 4 heterocycles. The van der Waals surface area contributed by atoms with Gasteiger partial charge in [-0.1, -0.05) is 0 Å². The Balaban J connectivity index is 1.65. The highest BCUT2D eigenvalue weighted by Crippen LogP contribution is 2.25. The summed E-state index contributed by atoms with van der Waals surface area (Å²) >= 11 is 0. The number of likely N-dealkylation sites (tertiary alicyclic amines) is 1. The Bertz CT molecular complexity index is 863. The maximum absolute atomic E-state index is 13.3. The molecule has 1 unspecified atom stereocenters. The van der Waals surface area contributed by atoms with Crippen molar-refractivity contribution in [3.63, 3.8) is 0 Å². The second-order valence-corrected chi connectivity index (χ2v) is 6.39. The Kier molecular flexibility index (Phi) is 3.87. The van der Waals surface area contributed by atoms with Crippen LogP contribution in [0.2, 0.25) is 0 Å². The zero-order chi connectivity index (χ0) is 17.4. The summed E-state index contributed by atoms with van der Waals surface area (Å²) in [4.78, 5) is 15.2. The molecule has 3 aromatic heterocycles. The minimum atomic E-state index is 0.00737. The second kappa shape index (κ2) is 6.19. The molecule has 0 bridgehead atoms. The minimum absolute atomic E-state index is 0.00737. The quantitative estimate of drug-likeness (QED) is 0.726. The fraction of sp³-hybridized carbons (Fsp3) is 0.412. The van der Waals surface area contributed by atoms with E-state index in [4.69, 9.17) is 0 Å². The van der Waals surface area contributed by atoms with Crippen LogP contribution in [0.5, 0.6) is 0 Å². The van der Waals surface area contributed by atoms with E-state index in [-0.39, 0.29) is 11.9 Å². The Morgan fingerprint density at radius 1 is 1.20 bits per heavy atom. The second-order valence-electron chi connectivity index (χ2n) is 6.39. The lowest BCUT2D eigenvalue weighted by Gasteiger charge is -2.33. The maximum atomic E-state index is 13.3. The van der Waals surface area contributed by atoms with Gasteiger partial charge in [-0.15, -0.1) is 0 Å². The van der Waals surface area contributed by atoms with Crippen LogP contribution in [-0.2, 0) is 7.05 Å². The number of carbonyl (C=O) groups is 1. The Labute approximate surface area is 145 Å². The highest BCUT2D eigenvalue weighted by atomic mass is 16.2. The van der Waals surface area contributed by atoms with Crippen molar-refractivity contribution < 1.29 is 4.79 Å². The zero-order valence-corrected chi connectivity index (χ0v) is 14.4. The highest BCUT2D eigenvalue weighted by molar-refractivity contribution is 5.98. The van der Waals surface area contributed by atoms with Gasteiger partial charge >= 0.3 is 0 Å². The molecule has 0 N–H and O–H groups in total. The molecule has 8 heteroatoms. The van der Waals surface area contributed by atoms with Crippen LogP contribution < -0.4 is 0 Å². The highest BCUT2D eigenvalue weighted by Gasteiger charge is 2.30. The number of aromatic nitrogens is 6. The summed E-state index contributed by atoms with van der Waals surface area (Å²) in [5.74, 6) is 0.710. The third-order valence-corrected chi connectivity index (χ3v) is 4.71. The lowest BCUT2D eigenvalue weighted by atomic mass is 10.0. The van der Waals surface area contributed by atoms with Crippen LogP contribution in [0.25, 0.3) is 5.82 Å². The van der Waals surface area contributed by atoms with E-state index in [0.29, 0.717) is 17.9 Å². The van der Waals surface area contributed by atoms with Crippen molar-refractivity contribution in [3.8, 4) is 5.82 Å². The summed E-state index contributed by atoms with van der Waals surface area (Å²) in [6.07, 6.45) is 9.27. The van der Waals surface area contributed by atoms with Crippen LogP contribution in [0.4, 0.5) is 0 Å². The smallest absolute Gasteiger partial charge is 0.259 e. The molecule has 1 aliphatic rings. The van der Waals surface area contributed by atoms with Crippen molar-refractivity contribution >= 4 is 5.91 Å². The molecule has 1 atom stereocenters. The van der Waals surface area contributed by atoms with E-state index in [1.54, 1.807) is 21.8 Å². The number of amides is 1. The van der Waals surface area contributed by atoms with Crippen molar-refractivity contribution in [1.82, 2.24) is 34.2 Å². The van der Waals surface area contributed by atoms with E-state index in [1.807, 2.05) is 48.1 Å². The van der Waals surface area contributed by atoms with E-state index in [2.05, 4.69) is 15.3 Å². The summed E-state index contributed by atoms with van der Waals surface area (Å²) in [5, 5.41) is 13.1. The average Bonchev–Trinajstić information content (AvgIpc) is 3.35. The molecule has 0 spiro atoms. The van der Waals surface area contributed by atoms with Crippen molar-refractivity contribution in [3.05, 3.63) is 48.2 Å². The van der Waals surface area contributed by atoms with Gasteiger partial charge in [-0.25, -0.2) is 9.36 Å². The summed E-state index contributed by atoms with van der Waals surface area (Å²) in [6, 6.07) is 3.98. The van der Waals surface area contributed by atoms with Gasteiger partial charge in [0.25, 0.3) is 5.91 Å². The fourth-order valence-corrected chi connectivity index (χ4v) is 3.56. The van der Waals surface area contributed by atoms with Crippen molar-refractivity contribution in [2.24, 2.45) is 7.05 Å². The van der Waals surface area contributed by atoms with Crippen LogP contribution >= 0.6 is 0 Å². The number of piperidine rings is 1. The number of rotatable bonds is 3. The molecule has 25 heavy (non-hydrogen) atoms. The standard InChI is InChI=1S/C17H21N7O/c1-13-15(16(21(2)20-13)24-11-5-8-19-24)17(25)22-9-3-6-14(12-22)23-10-4-7-18-23/h4-5,7-8,10-11,14H,3,6,9,12H2,1-2H3. The van der Waals surface area contributed by atoms with Gasteiger partial charge in [-0.05, 0) is 31.9 Å². The third kappa shape index (κ3) is 2.73. The van der Waals surface area contributed by atoms with Gasteiger partial charge in [0.1, 0.15) is 5.56 Å². The van der Waals surface area contributed by atoms with E-state index in [1.165, 1.54) is 0 Å². The average molecular weight is 339 g/mol.